The number of amides is 1. The van der Waals surface area contributed by atoms with Crippen LogP contribution in [-0.2, 0) is 10.9 Å². The van der Waals surface area contributed by atoms with Gasteiger partial charge in [-0.05, 0) is 24.3 Å². The second-order valence-corrected chi connectivity index (χ2v) is 5.34. The Balaban J connectivity index is 1.84. The van der Waals surface area contributed by atoms with E-state index in [1.165, 1.54) is 17.0 Å². The molecular weight excluding hydrogens is 327 g/mol. The molecule has 1 aromatic heterocycles. The van der Waals surface area contributed by atoms with Gasteiger partial charge in [-0.1, -0.05) is 5.16 Å². The molecule has 0 aliphatic carbocycles. The third-order valence-corrected chi connectivity index (χ3v) is 3.69. The maximum absolute atomic E-state index is 12.7. The largest absolute Gasteiger partial charge is 0.416 e. The highest BCUT2D eigenvalue weighted by molar-refractivity contribution is 5.94. The SMILES string of the molecule is Cc1nc([C@H]2COCCN2C(=O)c2ccc(C(F)(F)F)cc2)no1. The van der Waals surface area contributed by atoms with Gasteiger partial charge in [-0.3, -0.25) is 4.79 Å². The Morgan fingerprint density at radius 3 is 2.58 bits per heavy atom. The summed E-state index contributed by atoms with van der Waals surface area (Å²) in [6.45, 7) is 2.45. The van der Waals surface area contributed by atoms with Crippen molar-refractivity contribution in [3.63, 3.8) is 0 Å². The fourth-order valence-electron chi connectivity index (χ4n) is 2.48. The summed E-state index contributed by atoms with van der Waals surface area (Å²) >= 11 is 0. The number of rotatable bonds is 2. The summed E-state index contributed by atoms with van der Waals surface area (Å²) in [7, 11) is 0. The number of halogens is 3. The van der Waals surface area contributed by atoms with Gasteiger partial charge in [0.2, 0.25) is 5.89 Å². The van der Waals surface area contributed by atoms with Crippen molar-refractivity contribution in [2.75, 3.05) is 19.8 Å². The zero-order chi connectivity index (χ0) is 17.3. The first kappa shape index (κ1) is 16.4. The van der Waals surface area contributed by atoms with Crippen LogP contribution < -0.4 is 0 Å². The van der Waals surface area contributed by atoms with Gasteiger partial charge in [-0.15, -0.1) is 0 Å². The molecule has 0 N–H and O–H groups in total. The van der Waals surface area contributed by atoms with Crippen LogP contribution in [0.4, 0.5) is 13.2 Å². The van der Waals surface area contributed by atoms with Crippen LogP contribution in [0.2, 0.25) is 0 Å². The monoisotopic (exact) mass is 341 g/mol. The van der Waals surface area contributed by atoms with E-state index in [9.17, 15) is 18.0 Å². The van der Waals surface area contributed by atoms with Crippen molar-refractivity contribution in [1.29, 1.82) is 0 Å². The minimum absolute atomic E-state index is 0.162. The number of alkyl halides is 3. The lowest BCUT2D eigenvalue weighted by Crippen LogP contribution is -2.43. The van der Waals surface area contributed by atoms with Gasteiger partial charge in [0, 0.05) is 19.0 Å². The molecule has 128 valence electrons. The lowest BCUT2D eigenvalue weighted by atomic mass is 10.1. The maximum atomic E-state index is 12.7. The Labute approximate surface area is 135 Å². The molecule has 0 saturated carbocycles. The molecule has 2 heterocycles. The molecule has 1 saturated heterocycles. The standard InChI is InChI=1S/C15H14F3N3O3/c1-9-19-13(20-24-9)12-8-23-7-6-21(12)14(22)10-2-4-11(5-3-10)15(16,17)18/h2-5,12H,6-8H2,1H3/t12-/m1/s1. The average Bonchev–Trinajstić information content (AvgIpc) is 3.00. The Bertz CT molecular complexity index is 728. The lowest BCUT2D eigenvalue weighted by Gasteiger charge is -2.33. The molecule has 0 radical (unpaired) electrons. The van der Waals surface area contributed by atoms with E-state index in [1.807, 2.05) is 0 Å². The summed E-state index contributed by atoms with van der Waals surface area (Å²) in [6, 6.07) is 3.58. The van der Waals surface area contributed by atoms with Gasteiger partial charge < -0.3 is 14.2 Å². The zero-order valence-corrected chi connectivity index (χ0v) is 12.7. The fourth-order valence-corrected chi connectivity index (χ4v) is 2.48. The van der Waals surface area contributed by atoms with Crippen molar-refractivity contribution < 1.29 is 27.2 Å². The summed E-state index contributed by atoms with van der Waals surface area (Å²) in [6.07, 6.45) is -4.44. The lowest BCUT2D eigenvalue weighted by molar-refractivity contribution is -0.137. The number of ether oxygens (including phenoxy) is 1. The third kappa shape index (κ3) is 3.25. The van der Waals surface area contributed by atoms with E-state index >= 15 is 0 Å². The Morgan fingerprint density at radius 1 is 1.29 bits per heavy atom. The summed E-state index contributed by atoms with van der Waals surface area (Å²) in [4.78, 5) is 18.2. The number of morpholine rings is 1. The van der Waals surface area contributed by atoms with Crippen LogP contribution in [0.25, 0.3) is 0 Å². The van der Waals surface area contributed by atoms with Gasteiger partial charge in [-0.2, -0.15) is 18.2 Å². The third-order valence-electron chi connectivity index (χ3n) is 3.69. The van der Waals surface area contributed by atoms with E-state index < -0.39 is 23.7 Å². The Morgan fingerprint density at radius 2 is 2.00 bits per heavy atom. The minimum atomic E-state index is -4.44. The smallest absolute Gasteiger partial charge is 0.377 e. The van der Waals surface area contributed by atoms with Gasteiger partial charge >= 0.3 is 6.18 Å². The highest BCUT2D eigenvalue weighted by atomic mass is 19.4. The molecule has 0 unspecified atom stereocenters. The topological polar surface area (TPSA) is 68.5 Å². The summed E-state index contributed by atoms with van der Waals surface area (Å²) in [5.74, 6) is 0.268. The van der Waals surface area contributed by atoms with E-state index in [2.05, 4.69) is 10.1 Å². The molecule has 1 fully saturated rings. The summed E-state index contributed by atoms with van der Waals surface area (Å²) < 4.78 is 48.2. The van der Waals surface area contributed by atoms with E-state index in [0.717, 1.165) is 12.1 Å². The molecule has 0 bridgehead atoms. The maximum Gasteiger partial charge on any atom is 0.416 e. The highest BCUT2D eigenvalue weighted by Gasteiger charge is 2.34. The quantitative estimate of drug-likeness (QED) is 0.840. The number of hydrogen-bond donors (Lipinski definition) is 0. The number of aromatic nitrogens is 2. The summed E-state index contributed by atoms with van der Waals surface area (Å²) in [5.41, 5.74) is -0.638. The van der Waals surface area contributed by atoms with Crippen LogP contribution >= 0.6 is 0 Å². The second kappa shape index (κ2) is 6.23. The van der Waals surface area contributed by atoms with Crippen LogP contribution in [0.1, 0.15) is 33.7 Å². The molecule has 2 aromatic rings. The Kier molecular flexibility index (Phi) is 4.27. The Hall–Kier alpha value is -2.42. The van der Waals surface area contributed by atoms with Crippen molar-refractivity contribution in [3.8, 4) is 0 Å². The van der Waals surface area contributed by atoms with Gasteiger partial charge in [0.1, 0.15) is 6.04 Å². The number of nitrogens with zero attached hydrogens (tertiary/aromatic N) is 3. The first-order chi connectivity index (χ1) is 11.4. The first-order valence-corrected chi connectivity index (χ1v) is 7.22. The number of hydrogen-bond acceptors (Lipinski definition) is 5. The van der Waals surface area contributed by atoms with Crippen molar-refractivity contribution >= 4 is 5.91 Å². The van der Waals surface area contributed by atoms with Crippen LogP contribution in [-0.4, -0.2) is 40.7 Å². The van der Waals surface area contributed by atoms with Crippen LogP contribution in [0.3, 0.4) is 0 Å². The van der Waals surface area contributed by atoms with E-state index in [1.54, 1.807) is 6.92 Å². The van der Waals surface area contributed by atoms with Crippen LogP contribution in [0.15, 0.2) is 28.8 Å². The molecular formula is C15H14F3N3O3. The highest BCUT2D eigenvalue weighted by Crippen LogP contribution is 2.30. The van der Waals surface area contributed by atoms with Crippen molar-refractivity contribution in [3.05, 3.63) is 47.1 Å². The molecule has 1 aliphatic rings. The average molecular weight is 341 g/mol. The molecule has 1 aliphatic heterocycles. The van der Waals surface area contributed by atoms with Gasteiger partial charge in [0.15, 0.2) is 5.82 Å². The predicted molar refractivity (Wildman–Crippen MR) is 75.1 cm³/mol. The molecule has 1 amide bonds. The number of aryl methyl sites for hydroxylation is 1. The van der Waals surface area contributed by atoms with Gasteiger partial charge in [-0.25, -0.2) is 0 Å². The summed E-state index contributed by atoms with van der Waals surface area (Å²) in [5, 5.41) is 3.80. The van der Waals surface area contributed by atoms with E-state index in [0.29, 0.717) is 18.3 Å². The fraction of sp³-hybridized carbons (Fsp3) is 0.400. The van der Waals surface area contributed by atoms with Crippen molar-refractivity contribution in [2.45, 2.75) is 19.1 Å². The predicted octanol–water partition coefficient (Wildman–Crippen LogP) is 2.61. The van der Waals surface area contributed by atoms with Crippen molar-refractivity contribution in [2.24, 2.45) is 0 Å². The van der Waals surface area contributed by atoms with Crippen LogP contribution in [0.5, 0.6) is 0 Å². The minimum Gasteiger partial charge on any atom is -0.377 e. The number of carbonyl (C=O) groups is 1. The molecule has 3 rings (SSSR count). The number of carbonyl (C=O) groups excluding carboxylic acids is 1. The van der Waals surface area contributed by atoms with Gasteiger partial charge in [0.25, 0.3) is 5.91 Å². The first-order valence-electron chi connectivity index (χ1n) is 7.22. The van der Waals surface area contributed by atoms with Gasteiger partial charge in [0.05, 0.1) is 18.8 Å². The molecule has 24 heavy (non-hydrogen) atoms. The van der Waals surface area contributed by atoms with E-state index in [4.69, 9.17) is 9.26 Å². The number of benzene rings is 1. The normalized spacial score (nSPS) is 18.7. The van der Waals surface area contributed by atoms with Crippen molar-refractivity contribution in [1.82, 2.24) is 15.0 Å². The molecule has 6 nitrogen and oxygen atoms in total. The second-order valence-electron chi connectivity index (χ2n) is 5.34. The van der Waals surface area contributed by atoms with Crippen LogP contribution in [0, 0.1) is 6.92 Å². The zero-order valence-electron chi connectivity index (χ0n) is 12.7. The molecule has 1 aromatic carbocycles. The molecule has 1 atom stereocenters. The molecule has 0 spiro atoms. The van der Waals surface area contributed by atoms with E-state index in [-0.39, 0.29) is 18.7 Å². The molecule has 9 heteroatoms.